The van der Waals surface area contributed by atoms with Crippen molar-refractivity contribution in [2.75, 3.05) is 5.32 Å². The van der Waals surface area contributed by atoms with Crippen LogP contribution in [0.15, 0.2) is 51.4 Å². The summed E-state index contributed by atoms with van der Waals surface area (Å²) in [6.45, 7) is 0.770. The summed E-state index contributed by atoms with van der Waals surface area (Å²) in [6.07, 6.45) is 0. The maximum Gasteiger partial charge on any atom is 0.0502 e. The van der Waals surface area contributed by atoms with Crippen LogP contribution in [0.5, 0.6) is 0 Å². The largest absolute Gasteiger partial charge is 0.380 e. The summed E-state index contributed by atoms with van der Waals surface area (Å²) in [6, 6.07) is 13.9. The summed E-state index contributed by atoms with van der Waals surface area (Å²) in [5, 5.41) is 4.07. The Kier molecular flexibility index (Phi) is 4.48. The molecule has 0 atom stereocenters. The fourth-order valence-electron chi connectivity index (χ4n) is 1.43. The lowest BCUT2D eigenvalue weighted by molar-refractivity contribution is 1.14. The van der Waals surface area contributed by atoms with E-state index in [0.29, 0.717) is 0 Å². The minimum atomic E-state index is 0.728. The van der Waals surface area contributed by atoms with E-state index in [4.69, 9.17) is 11.6 Å². The minimum absolute atomic E-state index is 0.728. The van der Waals surface area contributed by atoms with Gasteiger partial charge in [0.1, 0.15) is 0 Å². The molecule has 0 bridgehead atoms. The highest BCUT2D eigenvalue weighted by Gasteiger charge is 2.00. The van der Waals surface area contributed by atoms with Gasteiger partial charge in [0.05, 0.1) is 5.69 Å². The highest BCUT2D eigenvalue weighted by molar-refractivity contribution is 9.10. The van der Waals surface area contributed by atoms with Crippen LogP contribution >= 0.6 is 43.5 Å². The van der Waals surface area contributed by atoms with Crippen LogP contribution in [0.3, 0.4) is 0 Å². The molecular weight excluding hydrogens is 365 g/mol. The van der Waals surface area contributed by atoms with Crippen molar-refractivity contribution in [3.05, 3.63) is 62.0 Å². The van der Waals surface area contributed by atoms with Gasteiger partial charge in [-0.05, 0) is 51.8 Å². The highest BCUT2D eigenvalue weighted by Crippen LogP contribution is 2.26. The predicted octanol–water partition coefficient (Wildman–Crippen LogP) is 5.48. The van der Waals surface area contributed by atoms with Crippen LogP contribution < -0.4 is 5.32 Å². The molecule has 2 aromatic rings. The maximum atomic E-state index is 5.95. The van der Waals surface area contributed by atoms with Gasteiger partial charge in [-0.3, -0.25) is 0 Å². The van der Waals surface area contributed by atoms with Crippen molar-refractivity contribution in [1.29, 1.82) is 0 Å². The molecule has 0 spiro atoms. The van der Waals surface area contributed by atoms with Crippen LogP contribution in [0.1, 0.15) is 5.56 Å². The summed E-state index contributed by atoms with van der Waals surface area (Å²) in [5.74, 6) is 0. The van der Waals surface area contributed by atoms with Crippen LogP contribution in [0.2, 0.25) is 5.02 Å². The quantitative estimate of drug-likeness (QED) is 0.749. The molecule has 0 saturated heterocycles. The van der Waals surface area contributed by atoms with Crippen molar-refractivity contribution in [3.8, 4) is 0 Å². The van der Waals surface area contributed by atoms with Gasteiger partial charge < -0.3 is 5.32 Å². The smallest absolute Gasteiger partial charge is 0.0502 e. The average molecular weight is 375 g/mol. The lowest BCUT2D eigenvalue weighted by atomic mass is 10.2. The standard InChI is InChI=1S/C13H10Br2ClN/c14-10-3-1-9(2-4-10)8-17-13-7-11(16)5-6-12(13)15/h1-7,17H,8H2. The van der Waals surface area contributed by atoms with Crippen LogP contribution in [0.25, 0.3) is 0 Å². The molecule has 1 nitrogen and oxygen atoms in total. The second kappa shape index (κ2) is 5.89. The molecule has 2 aromatic carbocycles. The molecule has 0 aliphatic carbocycles. The van der Waals surface area contributed by atoms with Gasteiger partial charge in [0.15, 0.2) is 0 Å². The molecule has 88 valence electrons. The fourth-order valence-corrected chi connectivity index (χ4v) is 2.26. The van der Waals surface area contributed by atoms with E-state index in [2.05, 4.69) is 49.3 Å². The number of hydrogen-bond acceptors (Lipinski definition) is 1. The van der Waals surface area contributed by atoms with Gasteiger partial charge in [0.25, 0.3) is 0 Å². The molecule has 0 amide bonds. The second-order valence-corrected chi connectivity index (χ2v) is 5.81. The lowest BCUT2D eigenvalue weighted by Gasteiger charge is -2.09. The van der Waals surface area contributed by atoms with Gasteiger partial charge in [0, 0.05) is 20.5 Å². The molecule has 0 saturated carbocycles. The van der Waals surface area contributed by atoms with Crippen LogP contribution in [0, 0.1) is 0 Å². The van der Waals surface area contributed by atoms with E-state index in [1.807, 2.05) is 30.3 Å². The van der Waals surface area contributed by atoms with E-state index in [1.54, 1.807) is 0 Å². The molecule has 0 aliphatic heterocycles. The van der Waals surface area contributed by atoms with E-state index in [-0.39, 0.29) is 0 Å². The first kappa shape index (κ1) is 12.9. The summed E-state index contributed by atoms with van der Waals surface area (Å²) in [7, 11) is 0. The zero-order valence-corrected chi connectivity index (χ0v) is 12.8. The Hall–Kier alpha value is -0.510. The van der Waals surface area contributed by atoms with Gasteiger partial charge in [-0.15, -0.1) is 0 Å². The van der Waals surface area contributed by atoms with Crippen molar-refractivity contribution in [2.45, 2.75) is 6.54 Å². The van der Waals surface area contributed by atoms with Crippen molar-refractivity contribution in [1.82, 2.24) is 0 Å². The number of anilines is 1. The van der Waals surface area contributed by atoms with Crippen molar-refractivity contribution < 1.29 is 0 Å². The molecule has 0 radical (unpaired) electrons. The molecule has 0 aliphatic rings. The molecule has 0 unspecified atom stereocenters. The third kappa shape index (κ3) is 3.73. The first-order chi connectivity index (χ1) is 8.15. The number of halogens is 3. The van der Waals surface area contributed by atoms with Crippen LogP contribution in [-0.4, -0.2) is 0 Å². The van der Waals surface area contributed by atoms with Gasteiger partial charge in [0.2, 0.25) is 0 Å². The summed E-state index contributed by atoms with van der Waals surface area (Å²) in [4.78, 5) is 0. The van der Waals surface area contributed by atoms with E-state index in [0.717, 1.165) is 26.2 Å². The first-order valence-corrected chi connectivity index (χ1v) is 7.05. The number of benzene rings is 2. The minimum Gasteiger partial charge on any atom is -0.380 e. The topological polar surface area (TPSA) is 12.0 Å². The maximum absolute atomic E-state index is 5.95. The number of nitrogens with one attached hydrogen (secondary N) is 1. The van der Waals surface area contributed by atoms with E-state index >= 15 is 0 Å². The normalized spacial score (nSPS) is 10.3. The first-order valence-electron chi connectivity index (χ1n) is 5.08. The Labute approximate surface area is 122 Å². The molecule has 2 rings (SSSR count). The summed E-state index contributed by atoms with van der Waals surface area (Å²) < 4.78 is 2.10. The van der Waals surface area contributed by atoms with Crippen molar-refractivity contribution in [2.24, 2.45) is 0 Å². The van der Waals surface area contributed by atoms with Crippen LogP contribution in [0.4, 0.5) is 5.69 Å². The Morgan fingerprint density at radius 1 is 1.00 bits per heavy atom. The zero-order valence-electron chi connectivity index (χ0n) is 8.88. The van der Waals surface area contributed by atoms with Gasteiger partial charge in [-0.2, -0.15) is 0 Å². The van der Waals surface area contributed by atoms with Gasteiger partial charge >= 0.3 is 0 Å². The second-order valence-electron chi connectivity index (χ2n) is 3.60. The van der Waals surface area contributed by atoms with E-state index < -0.39 is 0 Å². The van der Waals surface area contributed by atoms with Crippen LogP contribution in [-0.2, 0) is 6.54 Å². The molecule has 1 N–H and O–H groups in total. The molecule has 17 heavy (non-hydrogen) atoms. The summed E-state index contributed by atoms with van der Waals surface area (Å²) in [5.41, 5.74) is 2.22. The monoisotopic (exact) mass is 373 g/mol. The van der Waals surface area contributed by atoms with Crippen molar-refractivity contribution in [3.63, 3.8) is 0 Å². The van der Waals surface area contributed by atoms with E-state index in [1.165, 1.54) is 5.56 Å². The molecule has 0 heterocycles. The summed E-state index contributed by atoms with van der Waals surface area (Å²) >= 11 is 12.9. The molecular formula is C13H10Br2ClN. The SMILES string of the molecule is Clc1ccc(Br)c(NCc2ccc(Br)cc2)c1. The van der Waals surface area contributed by atoms with E-state index in [9.17, 15) is 0 Å². The predicted molar refractivity (Wildman–Crippen MR) is 80.6 cm³/mol. The third-order valence-corrected chi connectivity index (χ3v) is 3.78. The van der Waals surface area contributed by atoms with Gasteiger partial charge in [-0.1, -0.05) is 39.7 Å². The van der Waals surface area contributed by atoms with Crippen molar-refractivity contribution >= 4 is 49.1 Å². The average Bonchev–Trinajstić information content (AvgIpc) is 2.32. The van der Waals surface area contributed by atoms with Gasteiger partial charge in [-0.25, -0.2) is 0 Å². The Bertz CT molecular complexity index is 511. The number of hydrogen-bond donors (Lipinski definition) is 1. The lowest BCUT2D eigenvalue weighted by Crippen LogP contribution is -1.99. The Morgan fingerprint density at radius 2 is 1.71 bits per heavy atom. The third-order valence-electron chi connectivity index (χ3n) is 2.32. The molecule has 4 heteroatoms. The number of rotatable bonds is 3. The Balaban J connectivity index is 2.07. The fraction of sp³-hybridized carbons (Fsp3) is 0.0769. The highest BCUT2D eigenvalue weighted by atomic mass is 79.9. The Morgan fingerprint density at radius 3 is 2.41 bits per heavy atom. The molecule has 0 aromatic heterocycles. The molecule has 0 fully saturated rings. The zero-order chi connectivity index (χ0) is 12.3.